The van der Waals surface area contributed by atoms with Gasteiger partial charge in [-0.05, 0) is 64.0 Å². The maximum absolute atomic E-state index is 12.4. The minimum Gasteiger partial charge on any atom is -0.371 e. The van der Waals surface area contributed by atoms with Crippen LogP contribution in [0.3, 0.4) is 0 Å². The zero-order valence-electron chi connectivity index (χ0n) is 14.9. The normalized spacial score (nSPS) is 19.0. The van der Waals surface area contributed by atoms with Crippen molar-refractivity contribution in [1.82, 2.24) is 5.32 Å². The van der Waals surface area contributed by atoms with Crippen LogP contribution in [-0.2, 0) is 4.79 Å². The van der Waals surface area contributed by atoms with E-state index in [0.717, 1.165) is 38.9 Å². The average Bonchev–Trinajstić information content (AvgIpc) is 2.63. The van der Waals surface area contributed by atoms with Gasteiger partial charge in [0.15, 0.2) is 0 Å². The van der Waals surface area contributed by atoms with Crippen LogP contribution in [0, 0.1) is 12.8 Å². The standard InChI is InChI=1S/C21H30N2O/c1-17-7-9-20(10-8-17)23-15-12-19(13-16-23)21(24)22-14-11-18-5-3-2-4-6-18/h5,7-10,19H,2-4,6,11-16H2,1H3,(H,22,24). The Morgan fingerprint density at radius 2 is 1.92 bits per heavy atom. The second-order valence-electron chi connectivity index (χ2n) is 7.25. The third kappa shape index (κ3) is 4.62. The number of carbonyl (C=O) groups is 1. The molecule has 3 nitrogen and oxygen atoms in total. The molecule has 0 atom stereocenters. The first-order valence-electron chi connectivity index (χ1n) is 9.49. The van der Waals surface area contributed by atoms with E-state index in [1.54, 1.807) is 0 Å². The van der Waals surface area contributed by atoms with E-state index in [1.807, 2.05) is 0 Å². The Balaban J connectivity index is 1.40. The van der Waals surface area contributed by atoms with Crippen molar-refractivity contribution in [3.8, 4) is 0 Å². The number of hydrogen-bond donors (Lipinski definition) is 1. The molecular weight excluding hydrogens is 296 g/mol. The number of aryl methyl sites for hydroxylation is 1. The van der Waals surface area contributed by atoms with Gasteiger partial charge >= 0.3 is 0 Å². The highest BCUT2D eigenvalue weighted by molar-refractivity contribution is 5.79. The monoisotopic (exact) mass is 326 g/mol. The van der Waals surface area contributed by atoms with Gasteiger partial charge in [-0.3, -0.25) is 4.79 Å². The Morgan fingerprint density at radius 1 is 1.17 bits per heavy atom. The molecule has 0 spiro atoms. The number of benzene rings is 1. The van der Waals surface area contributed by atoms with Crippen LogP contribution >= 0.6 is 0 Å². The van der Waals surface area contributed by atoms with Crippen LogP contribution in [0.2, 0.25) is 0 Å². The number of nitrogens with one attached hydrogen (secondary N) is 1. The van der Waals surface area contributed by atoms with Crippen LogP contribution in [0.5, 0.6) is 0 Å². The molecule has 130 valence electrons. The third-order valence-corrected chi connectivity index (χ3v) is 5.40. The van der Waals surface area contributed by atoms with Crippen LogP contribution in [0.15, 0.2) is 35.9 Å². The summed E-state index contributed by atoms with van der Waals surface area (Å²) in [6.45, 7) is 4.88. The summed E-state index contributed by atoms with van der Waals surface area (Å²) in [6, 6.07) is 8.70. The Kier molecular flexibility index (Phi) is 5.95. The summed E-state index contributed by atoms with van der Waals surface area (Å²) in [5.74, 6) is 0.446. The maximum Gasteiger partial charge on any atom is 0.223 e. The molecule has 1 aliphatic carbocycles. The van der Waals surface area contributed by atoms with Gasteiger partial charge in [-0.1, -0.05) is 29.3 Å². The van der Waals surface area contributed by atoms with Gasteiger partial charge in [0, 0.05) is 31.2 Å². The highest BCUT2D eigenvalue weighted by Gasteiger charge is 2.24. The van der Waals surface area contributed by atoms with Crippen LogP contribution in [0.1, 0.15) is 50.5 Å². The van der Waals surface area contributed by atoms with E-state index >= 15 is 0 Å². The van der Waals surface area contributed by atoms with Gasteiger partial charge in [0.25, 0.3) is 0 Å². The molecule has 3 rings (SSSR count). The lowest BCUT2D eigenvalue weighted by Crippen LogP contribution is -2.40. The van der Waals surface area contributed by atoms with Crippen molar-refractivity contribution in [3.05, 3.63) is 41.5 Å². The minimum atomic E-state index is 0.187. The van der Waals surface area contributed by atoms with E-state index in [9.17, 15) is 4.79 Å². The number of hydrogen-bond acceptors (Lipinski definition) is 2. The molecule has 1 aliphatic heterocycles. The second-order valence-corrected chi connectivity index (χ2v) is 7.25. The first-order valence-corrected chi connectivity index (χ1v) is 9.49. The lowest BCUT2D eigenvalue weighted by Gasteiger charge is -2.33. The van der Waals surface area contributed by atoms with Crippen LogP contribution in [-0.4, -0.2) is 25.5 Å². The lowest BCUT2D eigenvalue weighted by molar-refractivity contribution is -0.125. The minimum absolute atomic E-state index is 0.187. The average molecular weight is 326 g/mol. The molecule has 3 heteroatoms. The first-order chi connectivity index (χ1) is 11.7. The van der Waals surface area contributed by atoms with Gasteiger partial charge in [-0.15, -0.1) is 0 Å². The smallest absolute Gasteiger partial charge is 0.223 e. The molecule has 0 radical (unpaired) electrons. The summed E-state index contributed by atoms with van der Waals surface area (Å²) in [7, 11) is 0. The second kappa shape index (κ2) is 8.36. The molecule has 2 aliphatic rings. The van der Waals surface area contributed by atoms with Gasteiger partial charge in [-0.25, -0.2) is 0 Å². The van der Waals surface area contributed by atoms with E-state index < -0.39 is 0 Å². The van der Waals surface area contributed by atoms with Gasteiger partial charge in [0.2, 0.25) is 5.91 Å². The molecule has 24 heavy (non-hydrogen) atoms. The third-order valence-electron chi connectivity index (χ3n) is 5.40. The molecule has 1 heterocycles. The summed E-state index contributed by atoms with van der Waals surface area (Å²) < 4.78 is 0. The number of piperidine rings is 1. The van der Waals surface area contributed by atoms with Crippen molar-refractivity contribution in [2.24, 2.45) is 5.92 Å². The zero-order valence-corrected chi connectivity index (χ0v) is 14.9. The lowest BCUT2D eigenvalue weighted by atomic mass is 9.94. The van der Waals surface area contributed by atoms with Crippen molar-refractivity contribution in [1.29, 1.82) is 0 Å². The number of amides is 1. The van der Waals surface area contributed by atoms with Crippen LogP contribution in [0.25, 0.3) is 0 Å². The SMILES string of the molecule is Cc1ccc(N2CCC(C(=O)NCCC3=CCCCC3)CC2)cc1. The van der Waals surface area contributed by atoms with Gasteiger partial charge < -0.3 is 10.2 Å². The van der Waals surface area contributed by atoms with E-state index in [4.69, 9.17) is 0 Å². The first kappa shape index (κ1) is 17.1. The number of nitrogens with zero attached hydrogens (tertiary/aromatic N) is 1. The van der Waals surface area contributed by atoms with Crippen molar-refractivity contribution in [2.75, 3.05) is 24.5 Å². The molecule has 1 amide bonds. The van der Waals surface area contributed by atoms with Crippen LogP contribution in [0.4, 0.5) is 5.69 Å². The van der Waals surface area contributed by atoms with Gasteiger partial charge in [0.1, 0.15) is 0 Å². The van der Waals surface area contributed by atoms with E-state index in [-0.39, 0.29) is 11.8 Å². The van der Waals surface area contributed by atoms with E-state index in [1.165, 1.54) is 42.5 Å². The fourth-order valence-corrected chi connectivity index (χ4v) is 3.78. The Bertz CT molecular complexity index is 568. The Labute approximate surface area is 146 Å². The zero-order chi connectivity index (χ0) is 16.8. The Morgan fingerprint density at radius 3 is 2.58 bits per heavy atom. The van der Waals surface area contributed by atoms with Crippen molar-refractivity contribution < 1.29 is 4.79 Å². The topological polar surface area (TPSA) is 32.3 Å². The predicted octanol–water partition coefficient (Wildman–Crippen LogP) is 4.22. The summed E-state index contributed by atoms with van der Waals surface area (Å²) in [4.78, 5) is 14.8. The van der Waals surface area contributed by atoms with Crippen molar-refractivity contribution in [3.63, 3.8) is 0 Å². The molecule has 0 unspecified atom stereocenters. The van der Waals surface area contributed by atoms with E-state index in [0.29, 0.717) is 0 Å². The molecule has 0 bridgehead atoms. The fraction of sp³-hybridized carbons (Fsp3) is 0.571. The van der Waals surface area contributed by atoms with Crippen molar-refractivity contribution >= 4 is 11.6 Å². The molecule has 0 aromatic heterocycles. The molecule has 1 aromatic carbocycles. The molecule has 1 aromatic rings. The number of allylic oxidation sites excluding steroid dienone is 1. The summed E-state index contributed by atoms with van der Waals surface area (Å²) in [5, 5.41) is 3.16. The summed E-state index contributed by atoms with van der Waals surface area (Å²) >= 11 is 0. The van der Waals surface area contributed by atoms with Gasteiger partial charge in [-0.2, -0.15) is 0 Å². The molecular formula is C21H30N2O. The fourth-order valence-electron chi connectivity index (χ4n) is 3.78. The summed E-state index contributed by atoms with van der Waals surface area (Å²) in [5.41, 5.74) is 4.11. The Hall–Kier alpha value is -1.77. The highest BCUT2D eigenvalue weighted by atomic mass is 16.1. The largest absolute Gasteiger partial charge is 0.371 e. The molecule has 1 fully saturated rings. The maximum atomic E-state index is 12.4. The number of carbonyl (C=O) groups excluding carboxylic acids is 1. The van der Waals surface area contributed by atoms with Crippen LogP contribution < -0.4 is 10.2 Å². The molecule has 0 saturated carbocycles. The van der Waals surface area contributed by atoms with Gasteiger partial charge in [0.05, 0.1) is 0 Å². The van der Waals surface area contributed by atoms with E-state index in [2.05, 4.69) is 47.5 Å². The van der Waals surface area contributed by atoms with Crippen molar-refractivity contribution in [2.45, 2.75) is 51.9 Å². The number of anilines is 1. The molecule has 1 saturated heterocycles. The number of rotatable bonds is 5. The predicted molar refractivity (Wildman–Crippen MR) is 100 cm³/mol. The molecule has 1 N–H and O–H groups in total. The summed E-state index contributed by atoms with van der Waals surface area (Å²) in [6.07, 6.45) is 10.4. The quantitative estimate of drug-likeness (QED) is 0.822. The highest BCUT2D eigenvalue weighted by Crippen LogP contribution is 2.24.